The van der Waals surface area contributed by atoms with E-state index in [0.717, 1.165) is 52.2 Å². The van der Waals surface area contributed by atoms with Crippen LogP contribution in [0.25, 0.3) is 21.0 Å². The highest BCUT2D eigenvalue weighted by atomic mass is 32.2. The van der Waals surface area contributed by atoms with E-state index in [1.807, 2.05) is 55.5 Å². The summed E-state index contributed by atoms with van der Waals surface area (Å²) in [6, 6.07) is 16.8. The van der Waals surface area contributed by atoms with E-state index < -0.39 is 15.9 Å². The molecule has 0 aliphatic carbocycles. The zero-order valence-corrected chi connectivity index (χ0v) is 22.5. The number of hydrogen-bond donors (Lipinski definition) is 2. The molecule has 8 nitrogen and oxygen atoms in total. The number of benzene rings is 3. The van der Waals surface area contributed by atoms with Gasteiger partial charge in [-0.2, -0.15) is 0 Å². The number of nitrogens with two attached hydrogens (primary N) is 1. The number of rotatable bonds is 9. The van der Waals surface area contributed by atoms with Crippen molar-refractivity contribution in [3.05, 3.63) is 59.6 Å². The summed E-state index contributed by atoms with van der Waals surface area (Å²) in [5.74, 6) is 0.726. The molecule has 5 rings (SSSR count). The Morgan fingerprint density at radius 3 is 2.65 bits per heavy atom. The Morgan fingerprint density at radius 2 is 1.84 bits per heavy atom. The maximum absolute atomic E-state index is 13.0. The molecule has 2 heterocycles. The number of β-amino-alcohol motifs (C(OH)–C–C–N with tert-alkyl or cyclic N) is 1. The first-order valence-electron chi connectivity index (χ1n) is 12.4. The van der Waals surface area contributed by atoms with E-state index in [-0.39, 0.29) is 17.3 Å². The quantitative estimate of drug-likeness (QED) is 0.312. The van der Waals surface area contributed by atoms with E-state index >= 15 is 0 Å². The number of thiazole rings is 1. The van der Waals surface area contributed by atoms with Crippen LogP contribution in [0.3, 0.4) is 0 Å². The first-order chi connectivity index (χ1) is 17.8. The highest BCUT2D eigenvalue weighted by Crippen LogP contribution is 2.29. The van der Waals surface area contributed by atoms with Crippen molar-refractivity contribution in [1.82, 2.24) is 14.8 Å². The van der Waals surface area contributed by atoms with Gasteiger partial charge in [-0.25, -0.2) is 13.4 Å². The van der Waals surface area contributed by atoms with Crippen molar-refractivity contribution in [2.45, 2.75) is 17.9 Å². The molecule has 1 aliphatic rings. The first-order valence-corrected chi connectivity index (χ1v) is 14.9. The van der Waals surface area contributed by atoms with Crippen molar-refractivity contribution < 1.29 is 18.3 Å². The Bertz CT molecular complexity index is 1500. The Balaban J connectivity index is 1.08. The van der Waals surface area contributed by atoms with Crippen LogP contribution in [0.5, 0.6) is 5.75 Å². The third-order valence-corrected chi connectivity index (χ3v) is 9.48. The van der Waals surface area contributed by atoms with Crippen LogP contribution in [0.15, 0.2) is 59.5 Å². The maximum Gasteiger partial charge on any atom is 0.181 e. The van der Waals surface area contributed by atoms with Crippen LogP contribution in [0.2, 0.25) is 0 Å². The van der Waals surface area contributed by atoms with Gasteiger partial charge in [0.05, 0.1) is 31.6 Å². The van der Waals surface area contributed by atoms with Crippen molar-refractivity contribution in [3.8, 4) is 5.75 Å². The molecule has 0 saturated carbocycles. The number of ether oxygens (including phenoxy) is 1. The predicted molar refractivity (Wildman–Crippen MR) is 149 cm³/mol. The molecule has 3 N–H and O–H groups in total. The number of aromatic nitrogens is 1. The molecule has 0 bridgehead atoms. The molecule has 0 radical (unpaired) electrons. The lowest BCUT2D eigenvalue weighted by Crippen LogP contribution is -2.50. The Labute approximate surface area is 221 Å². The molecule has 0 unspecified atom stereocenters. The van der Waals surface area contributed by atoms with Gasteiger partial charge < -0.3 is 15.6 Å². The fourth-order valence-electron chi connectivity index (χ4n) is 4.76. The van der Waals surface area contributed by atoms with Gasteiger partial charge in [-0.15, -0.1) is 11.3 Å². The van der Waals surface area contributed by atoms with Gasteiger partial charge in [0.2, 0.25) is 0 Å². The van der Waals surface area contributed by atoms with Gasteiger partial charge in [-0.3, -0.25) is 9.80 Å². The molecule has 0 spiro atoms. The third-order valence-electron chi connectivity index (χ3n) is 6.78. The summed E-state index contributed by atoms with van der Waals surface area (Å²) < 4.78 is 33.0. The zero-order chi connectivity index (χ0) is 26.0. The summed E-state index contributed by atoms with van der Waals surface area (Å²) in [6.45, 7) is 6.17. The number of nitrogen functional groups attached to an aromatic ring is 1. The Kier molecular flexibility index (Phi) is 7.64. The minimum atomic E-state index is -3.50. The smallest absolute Gasteiger partial charge is 0.181 e. The van der Waals surface area contributed by atoms with Gasteiger partial charge in [0, 0.05) is 50.7 Å². The molecule has 0 amide bonds. The van der Waals surface area contributed by atoms with E-state index in [4.69, 9.17) is 10.5 Å². The standard InChI is InChI=1S/C27H32N4O4S2/c1-19-29-24-16-22(7-8-25(24)36-19)35-18-21(32)17-31-12-10-30(11-13-31)14-15-37(33,34)26-9-6-20-4-2-3-5-23(20)27(26)28/h2-9,16,21,32H,10-15,17-18,28H2,1H3/t21-/m1/s1. The average molecular weight is 541 g/mol. The average Bonchev–Trinajstić information content (AvgIpc) is 3.26. The Morgan fingerprint density at radius 1 is 1.08 bits per heavy atom. The molecule has 1 aliphatic heterocycles. The van der Waals surface area contributed by atoms with Gasteiger partial charge in [0.25, 0.3) is 0 Å². The SMILES string of the molecule is Cc1nc2cc(OC[C@H](O)CN3CCN(CCS(=O)(=O)c4ccc5ccccc5c4N)CC3)ccc2s1. The van der Waals surface area contributed by atoms with Crippen molar-refractivity contribution in [2.75, 3.05) is 57.4 Å². The number of sulfone groups is 1. The van der Waals surface area contributed by atoms with Gasteiger partial charge in [-0.05, 0) is 30.5 Å². The fraction of sp³-hybridized carbons (Fsp3) is 0.370. The molecule has 1 saturated heterocycles. The molecule has 1 aromatic heterocycles. The van der Waals surface area contributed by atoms with Crippen molar-refractivity contribution in [1.29, 1.82) is 0 Å². The number of fused-ring (bicyclic) bond motifs is 2. The normalized spacial score (nSPS) is 16.4. The van der Waals surface area contributed by atoms with E-state index in [0.29, 0.717) is 24.5 Å². The molecule has 10 heteroatoms. The van der Waals surface area contributed by atoms with E-state index in [9.17, 15) is 13.5 Å². The molecule has 1 fully saturated rings. The van der Waals surface area contributed by atoms with Crippen LogP contribution in [0.1, 0.15) is 5.01 Å². The number of aryl methyl sites for hydroxylation is 1. The topological polar surface area (TPSA) is 109 Å². The first kappa shape index (κ1) is 25.9. The van der Waals surface area contributed by atoms with Crippen LogP contribution < -0.4 is 10.5 Å². The van der Waals surface area contributed by atoms with Crippen molar-refractivity contribution in [2.24, 2.45) is 0 Å². The largest absolute Gasteiger partial charge is 0.491 e. The maximum atomic E-state index is 13.0. The van der Waals surface area contributed by atoms with E-state index in [1.165, 1.54) is 0 Å². The van der Waals surface area contributed by atoms with E-state index in [1.54, 1.807) is 17.4 Å². The molecule has 4 aromatic rings. The van der Waals surface area contributed by atoms with Crippen molar-refractivity contribution >= 4 is 47.9 Å². The van der Waals surface area contributed by atoms with E-state index in [2.05, 4.69) is 14.8 Å². The highest BCUT2D eigenvalue weighted by molar-refractivity contribution is 7.91. The minimum Gasteiger partial charge on any atom is -0.491 e. The minimum absolute atomic E-state index is 0.0227. The molecule has 3 aromatic carbocycles. The second kappa shape index (κ2) is 10.9. The van der Waals surface area contributed by atoms with Gasteiger partial charge in [-0.1, -0.05) is 30.3 Å². The van der Waals surface area contributed by atoms with Crippen LogP contribution in [-0.4, -0.2) is 86.0 Å². The molecule has 196 valence electrons. The van der Waals surface area contributed by atoms with Crippen molar-refractivity contribution in [3.63, 3.8) is 0 Å². The number of anilines is 1. The summed E-state index contributed by atoms with van der Waals surface area (Å²) >= 11 is 1.65. The fourth-order valence-corrected chi connectivity index (χ4v) is 7.00. The van der Waals surface area contributed by atoms with Crippen LogP contribution in [0.4, 0.5) is 5.69 Å². The van der Waals surface area contributed by atoms with Crippen LogP contribution in [0, 0.1) is 6.92 Å². The van der Waals surface area contributed by atoms with Gasteiger partial charge >= 0.3 is 0 Å². The number of hydrogen-bond acceptors (Lipinski definition) is 9. The number of aliphatic hydroxyl groups is 1. The molecular formula is C27H32N4O4S2. The summed E-state index contributed by atoms with van der Waals surface area (Å²) in [6.07, 6.45) is -0.615. The summed E-state index contributed by atoms with van der Waals surface area (Å²) in [5, 5.41) is 13.2. The van der Waals surface area contributed by atoms with Gasteiger partial charge in [0.15, 0.2) is 9.84 Å². The lowest BCUT2D eigenvalue weighted by Gasteiger charge is -2.35. The number of aliphatic hydroxyl groups excluding tert-OH is 1. The van der Waals surface area contributed by atoms with Gasteiger partial charge in [0.1, 0.15) is 18.5 Å². The highest BCUT2D eigenvalue weighted by Gasteiger charge is 2.24. The predicted octanol–water partition coefficient (Wildman–Crippen LogP) is 3.17. The van der Waals surface area contributed by atoms with Crippen LogP contribution >= 0.6 is 11.3 Å². The summed E-state index contributed by atoms with van der Waals surface area (Å²) in [4.78, 5) is 9.03. The number of piperazine rings is 1. The number of nitrogens with zero attached hydrogens (tertiary/aromatic N) is 3. The Hall–Kier alpha value is -2.76. The molecule has 1 atom stereocenters. The second-order valence-electron chi connectivity index (χ2n) is 9.49. The lowest BCUT2D eigenvalue weighted by atomic mass is 10.1. The van der Waals surface area contributed by atoms with Crippen LogP contribution in [-0.2, 0) is 9.84 Å². The second-order valence-corrected chi connectivity index (χ2v) is 12.8. The lowest BCUT2D eigenvalue weighted by molar-refractivity contribution is 0.0472. The molecule has 37 heavy (non-hydrogen) atoms. The third kappa shape index (κ3) is 6.05. The monoisotopic (exact) mass is 540 g/mol. The zero-order valence-electron chi connectivity index (χ0n) is 20.8. The summed E-state index contributed by atoms with van der Waals surface area (Å²) in [5.41, 5.74) is 7.46. The molecular weight excluding hydrogens is 508 g/mol. The summed E-state index contributed by atoms with van der Waals surface area (Å²) in [7, 11) is -3.50.